The van der Waals surface area contributed by atoms with Crippen molar-refractivity contribution in [3.05, 3.63) is 77.6 Å². The number of carbonyl (C=O) groups excluding carboxylic acids is 2. The van der Waals surface area contributed by atoms with E-state index in [1.807, 2.05) is 30.3 Å². The summed E-state index contributed by atoms with van der Waals surface area (Å²) in [7, 11) is 1.33. The van der Waals surface area contributed by atoms with Crippen LogP contribution < -0.4 is 20.1 Å². The summed E-state index contributed by atoms with van der Waals surface area (Å²) in [5, 5.41) is 6.98. The molecule has 2 aliphatic rings. The Balaban J connectivity index is 1.37. The smallest absolute Gasteiger partial charge is 0.356 e. The largest absolute Gasteiger partial charge is 0.486 e. The van der Waals surface area contributed by atoms with Gasteiger partial charge in [-0.25, -0.2) is 9.78 Å². The van der Waals surface area contributed by atoms with Crippen LogP contribution >= 0.6 is 0 Å². The first-order chi connectivity index (χ1) is 19.6. The van der Waals surface area contributed by atoms with Gasteiger partial charge >= 0.3 is 5.97 Å². The summed E-state index contributed by atoms with van der Waals surface area (Å²) in [6.45, 7) is 2.67. The first-order valence-electron chi connectivity index (χ1n) is 13.3. The molecule has 10 heteroatoms. The average Bonchev–Trinajstić information content (AvgIpc) is 3.62. The molecule has 4 aromatic rings. The van der Waals surface area contributed by atoms with E-state index < -0.39 is 5.97 Å². The van der Waals surface area contributed by atoms with Crippen LogP contribution in [-0.4, -0.2) is 54.5 Å². The molecule has 1 fully saturated rings. The van der Waals surface area contributed by atoms with Gasteiger partial charge in [0, 0.05) is 24.1 Å². The number of benzene rings is 2. The van der Waals surface area contributed by atoms with E-state index in [-0.39, 0.29) is 17.7 Å². The summed E-state index contributed by atoms with van der Waals surface area (Å²) in [6.07, 6.45) is 3.49. The Bertz CT molecular complexity index is 1550. The molecule has 40 heavy (non-hydrogen) atoms. The predicted octanol–water partition coefficient (Wildman–Crippen LogP) is 4.64. The summed E-state index contributed by atoms with van der Waals surface area (Å²) in [5.41, 5.74) is 3.35. The van der Waals surface area contributed by atoms with E-state index >= 15 is 0 Å². The quantitative estimate of drug-likeness (QED) is 0.310. The van der Waals surface area contributed by atoms with Gasteiger partial charge in [0.15, 0.2) is 17.2 Å². The number of rotatable bonds is 8. The molecule has 4 heterocycles. The number of hydrogen-bond acceptors (Lipinski definition) is 8. The fourth-order valence-corrected chi connectivity index (χ4v) is 5.10. The summed E-state index contributed by atoms with van der Waals surface area (Å²) >= 11 is 0. The first-order valence-corrected chi connectivity index (χ1v) is 13.3. The lowest BCUT2D eigenvalue weighted by Gasteiger charge is -2.19. The molecule has 0 radical (unpaired) electrons. The van der Waals surface area contributed by atoms with Crippen molar-refractivity contribution in [3.63, 3.8) is 0 Å². The number of fused-ring (bicyclic) bond motifs is 2. The third-order valence-corrected chi connectivity index (χ3v) is 7.07. The molecule has 0 bridgehead atoms. The number of methoxy groups -OCH3 is 1. The van der Waals surface area contributed by atoms with Crippen LogP contribution in [0.2, 0.25) is 0 Å². The molecule has 0 aliphatic carbocycles. The van der Waals surface area contributed by atoms with Crippen molar-refractivity contribution >= 4 is 34.3 Å². The molecule has 1 amide bonds. The molecule has 2 aromatic carbocycles. The lowest BCUT2D eigenvalue weighted by molar-refractivity contribution is 0.0580. The minimum Gasteiger partial charge on any atom is -0.486 e. The van der Waals surface area contributed by atoms with E-state index in [4.69, 9.17) is 23.9 Å². The van der Waals surface area contributed by atoms with E-state index in [0.717, 1.165) is 35.6 Å². The van der Waals surface area contributed by atoms with Crippen LogP contribution in [0, 0.1) is 0 Å². The minimum atomic E-state index is -0.565. The Morgan fingerprint density at radius 1 is 1.05 bits per heavy atom. The van der Waals surface area contributed by atoms with E-state index in [1.165, 1.54) is 7.11 Å². The van der Waals surface area contributed by atoms with Gasteiger partial charge in [-0.15, -0.1) is 0 Å². The number of aromatic nitrogens is 2. The van der Waals surface area contributed by atoms with Gasteiger partial charge in [0.25, 0.3) is 5.91 Å². The van der Waals surface area contributed by atoms with Gasteiger partial charge in [-0.3, -0.25) is 4.79 Å². The Hall–Kier alpha value is -4.57. The number of pyridine rings is 1. The molecule has 0 spiro atoms. The number of carbonyl (C=O) groups is 2. The highest BCUT2D eigenvalue weighted by molar-refractivity contribution is 6.14. The second-order valence-corrected chi connectivity index (χ2v) is 9.71. The van der Waals surface area contributed by atoms with E-state index in [9.17, 15) is 9.59 Å². The van der Waals surface area contributed by atoms with Crippen molar-refractivity contribution in [2.75, 3.05) is 37.6 Å². The molecule has 1 atom stereocenters. The van der Waals surface area contributed by atoms with Gasteiger partial charge in [-0.05, 0) is 48.7 Å². The van der Waals surface area contributed by atoms with Crippen molar-refractivity contribution in [1.82, 2.24) is 9.55 Å². The van der Waals surface area contributed by atoms with Crippen molar-refractivity contribution in [1.29, 1.82) is 0 Å². The normalized spacial score (nSPS) is 16.1. The fraction of sp³-hybridized carbons (Fsp3) is 0.300. The third-order valence-electron chi connectivity index (χ3n) is 7.07. The van der Waals surface area contributed by atoms with Crippen molar-refractivity contribution in [3.8, 4) is 11.5 Å². The van der Waals surface area contributed by atoms with Gasteiger partial charge in [0.1, 0.15) is 18.9 Å². The predicted molar refractivity (Wildman–Crippen MR) is 149 cm³/mol. The van der Waals surface area contributed by atoms with Crippen molar-refractivity contribution < 1.29 is 28.5 Å². The molecule has 1 unspecified atom stereocenters. The van der Waals surface area contributed by atoms with Crippen LogP contribution in [0.4, 0.5) is 11.4 Å². The van der Waals surface area contributed by atoms with Crippen LogP contribution in [0.5, 0.6) is 11.5 Å². The zero-order valence-corrected chi connectivity index (χ0v) is 22.1. The summed E-state index contributed by atoms with van der Waals surface area (Å²) in [6, 6.07) is 16.6. The fourth-order valence-electron chi connectivity index (χ4n) is 5.10. The molecular weight excluding hydrogens is 512 g/mol. The number of ether oxygens (including phenoxy) is 4. The second-order valence-electron chi connectivity index (χ2n) is 9.71. The highest BCUT2D eigenvalue weighted by Gasteiger charge is 2.29. The van der Waals surface area contributed by atoms with Crippen LogP contribution in [0.15, 0.2) is 60.8 Å². The Morgan fingerprint density at radius 3 is 2.65 bits per heavy atom. The van der Waals surface area contributed by atoms with Gasteiger partial charge in [0.05, 0.1) is 37.3 Å². The molecule has 0 saturated carbocycles. The zero-order chi connectivity index (χ0) is 27.5. The van der Waals surface area contributed by atoms with Crippen molar-refractivity contribution in [2.45, 2.75) is 32.0 Å². The van der Waals surface area contributed by atoms with Crippen LogP contribution in [0.1, 0.15) is 39.3 Å². The zero-order valence-electron chi connectivity index (χ0n) is 22.1. The van der Waals surface area contributed by atoms with Crippen LogP contribution in [0.3, 0.4) is 0 Å². The number of esters is 1. The Labute approximate surface area is 231 Å². The van der Waals surface area contributed by atoms with E-state index in [2.05, 4.69) is 10.6 Å². The number of hydrogen-bond donors (Lipinski definition) is 2. The topological polar surface area (TPSA) is 113 Å². The second kappa shape index (κ2) is 11.3. The maximum absolute atomic E-state index is 13.2. The molecule has 206 valence electrons. The molecule has 1 saturated heterocycles. The molecular formula is C30H30N4O6. The van der Waals surface area contributed by atoms with Gasteiger partial charge < -0.3 is 34.1 Å². The molecule has 10 nitrogen and oxygen atoms in total. The number of amides is 1. The molecule has 6 rings (SSSR count). The van der Waals surface area contributed by atoms with Gasteiger partial charge in [-0.2, -0.15) is 0 Å². The summed E-state index contributed by atoms with van der Waals surface area (Å²) < 4.78 is 24.1. The number of nitrogens with one attached hydrogen (secondary N) is 2. The molecule has 2 aliphatic heterocycles. The first kappa shape index (κ1) is 25.7. The maximum atomic E-state index is 13.2. The maximum Gasteiger partial charge on any atom is 0.356 e. The number of anilines is 2. The Morgan fingerprint density at radius 2 is 1.88 bits per heavy atom. The summed E-state index contributed by atoms with van der Waals surface area (Å²) in [4.78, 5) is 31.1. The SMILES string of the molecule is COC(=O)c1c(NC(=O)c2ccccc2)c2cc(NCc3ccc4c(c3)OCCO4)cnc2n1CC1CCCO1. The van der Waals surface area contributed by atoms with E-state index in [1.54, 1.807) is 35.0 Å². The van der Waals surface area contributed by atoms with Crippen LogP contribution in [0.25, 0.3) is 11.0 Å². The molecule has 2 N–H and O–H groups in total. The van der Waals surface area contributed by atoms with E-state index in [0.29, 0.717) is 55.2 Å². The van der Waals surface area contributed by atoms with Gasteiger partial charge in [-0.1, -0.05) is 24.3 Å². The standard InChI is InChI=1S/C30H30N4O6/c1-37-30(36)27-26(33-29(35)20-6-3-2-4-7-20)23-15-21(17-32-28(23)34(27)18-22-8-5-11-38-22)31-16-19-9-10-24-25(14-19)40-13-12-39-24/h2-4,6-7,9-10,14-15,17,22,31H,5,8,11-13,16,18H2,1H3,(H,33,35). The lowest BCUT2D eigenvalue weighted by atomic mass is 10.1. The van der Waals surface area contributed by atoms with Crippen molar-refractivity contribution in [2.24, 2.45) is 0 Å². The monoisotopic (exact) mass is 542 g/mol. The lowest BCUT2D eigenvalue weighted by Crippen LogP contribution is -2.21. The van der Waals surface area contributed by atoms with Crippen LogP contribution in [-0.2, 0) is 22.6 Å². The van der Waals surface area contributed by atoms with Gasteiger partial charge in [0.2, 0.25) is 0 Å². The average molecular weight is 543 g/mol. The highest BCUT2D eigenvalue weighted by Crippen LogP contribution is 2.35. The third kappa shape index (κ3) is 5.17. The number of nitrogens with zero attached hydrogens (tertiary/aromatic N) is 2. The highest BCUT2D eigenvalue weighted by atomic mass is 16.6. The minimum absolute atomic E-state index is 0.0634. The Kier molecular flexibility index (Phi) is 7.24. The molecule has 2 aromatic heterocycles. The summed E-state index contributed by atoms with van der Waals surface area (Å²) in [5.74, 6) is 0.556.